The molecule has 4 nitrogen and oxygen atoms in total. The zero-order valence-corrected chi connectivity index (χ0v) is 15.4. The molecule has 0 aliphatic heterocycles. The maximum atomic E-state index is 12.5. The van der Waals surface area contributed by atoms with E-state index in [1.165, 1.54) is 7.11 Å². The molecule has 0 amide bonds. The van der Waals surface area contributed by atoms with Crippen LogP contribution in [0.5, 0.6) is 0 Å². The van der Waals surface area contributed by atoms with Crippen LogP contribution in [0.1, 0.15) is 35.0 Å². The SMILES string of the molecule is COC(=O)CC(C)C(=O)c1cccc(C=Cc2ccc3ccccc3n2)c1. The van der Waals surface area contributed by atoms with Gasteiger partial charge in [0, 0.05) is 16.9 Å². The summed E-state index contributed by atoms with van der Waals surface area (Å²) >= 11 is 0. The van der Waals surface area contributed by atoms with Gasteiger partial charge in [-0.05, 0) is 29.8 Å². The normalized spacial score (nSPS) is 12.2. The van der Waals surface area contributed by atoms with Crippen molar-refractivity contribution in [1.29, 1.82) is 0 Å². The van der Waals surface area contributed by atoms with Crippen LogP contribution in [0.3, 0.4) is 0 Å². The van der Waals surface area contributed by atoms with Crippen LogP contribution in [-0.4, -0.2) is 23.8 Å². The van der Waals surface area contributed by atoms with Crippen molar-refractivity contribution in [3.05, 3.63) is 77.5 Å². The third-order valence-corrected chi connectivity index (χ3v) is 4.39. The molecule has 3 aromatic rings. The van der Waals surface area contributed by atoms with Crippen molar-refractivity contribution >= 4 is 34.8 Å². The molecule has 0 saturated heterocycles. The minimum Gasteiger partial charge on any atom is -0.469 e. The summed E-state index contributed by atoms with van der Waals surface area (Å²) in [6, 6.07) is 19.3. The molecule has 0 aliphatic carbocycles. The average Bonchev–Trinajstić information content (AvgIpc) is 2.71. The Morgan fingerprint density at radius 3 is 2.67 bits per heavy atom. The first kappa shape index (κ1) is 18.5. The Hall–Kier alpha value is -3.27. The van der Waals surface area contributed by atoms with Gasteiger partial charge in [0.2, 0.25) is 0 Å². The molecular weight excluding hydrogens is 338 g/mol. The predicted molar refractivity (Wildman–Crippen MR) is 107 cm³/mol. The van der Waals surface area contributed by atoms with Gasteiger partial charge >= 0.3 is 5.97 Å². The minimum absolute atomic E-state index is 0.0699. The molecule has 27 heavy (non-hydrogen) atoms. The number of carbonyl (C=O) groups is 2. The van der Waals surface area contributed by atoms with Crippen molar-refractivity contribution in [3.8, 4) is 0 Å². The van der Waals surface area contributed by atoms with E-state index in [4.69, 9.17) is 0 Å². The summed E-state index contributed by atoms with van der Waals surface area (Å²) in [6.45, 7) is 1.74. The second kappa shape index (κ2) is 8.41. The van der Waals surface area contributed by atoms with Gasteiger partial charge in [-0.2, -0.15) is 0 Å². The molecule has 1 atom stereocenters. The molecule has 0 aliphatic rings. The summed E-state index contributed by atoms with van der Waals surface area (Å²) in [5.41, 5.74) is 3.28. The molecule has 4 heteroatoms. The van der Waals surface area contributed by atoms with Crippen LogP contribution in [-0.2, 0) is 9.53 Å². The van der Waals surface area contributed by atoms with Gasteiger partial charge in [-0.15, -0.1) is 0 Å². The average molecular weight is 359 g/mol. The smallest absolute Gasteiger partial charge is 0.306 e. The number of methoxy groups -OCH3 is 1. The number of aromatic nitrogens is 1. The Balaban J connectivity index is 1.77. The minimum atomic E-state index is -0.418. The van der Waals surface area contributed by atoms with Gasteiger partial charge in [-0.1, -0.05) is 55.5 Å². The van der Waals surface area contributed by atoms with E-state index in [-0.39, 0.29) is 18.2 Å². The number of carbonyl (C=O) groups excluding carboxylic acids is 2. The van der Waals surface area contributed by atoms with E-state index in [1.54, 1.807) is 13.0 Å². The highest BCUT2D eigenvalue weighted by Crippen LogP contribution is 2.17. The molecule has 0 bridgehead atoms. The van der Waals surface area contributed by atoms with Crippen molar-refractivity contribution in [3.63, 3.8) is 0 Å². The van der Waals surface area contributed by atoms with Crippen LogP contribution in [0.15, 0.2) is 60.7 Å². The first-order chi connectivity index (χ1) is 13.1. The largest absolute Gasteiger partial charge is 0.469 e. The number of para-hydroxylation sites is 1. The van der Waals surface area contributed by atoms with Gasteiger partial charge in [0.25, 0.3) is 0 Å². The van der Waals surface area contributed by atoms with Gasteiger partial charge in [0.1, 0.15) is 0 Å². The molecule has 136 valence electrons. The molecular formula is C23H21NO3. The van der Waals surface area contributed by atoms with Crippen molar-refractivity contribution in [2.45, 2.75) is 13.3 Å². The zero-order chi connectivity index (χ0) is 19.2. The molecule has 1 aromatic heterocycles. The van der Waals surface area contributed by atoms with Crippen LogP contribution in [0.25, 0.3) is 23.1 Å². The van der Waals surface area contributed by atoms with Gasteiger partial charge in [0.05, 0.1) is 24.7 Å². The van der Waals surface area contributed by atoms with E-state index < -0.39 is 5.92 Å². The second-order valence-corrected chi connectivity index (χ2v) is 6.43. The number of pyridine rings is 1. The van der Waals surface area contributed by atoms with Crippen LogP contribution < -0.4 is 0 Å². The monoisotopic (exact) mass is 359 g/mol. The molecule has 0 N–H and O–H groups in total. The summed E-state index contributed by atoms with van der Waals surface area (Å²) in [5, 5.41) is 1.10. The Labute approximate surface area is 158 Å². The fourth-order valence-electron chi connectivity index (χ4n) is 2.86. The van der Waals surface area contributed by atoms with Crippen LogP contribution in [0.4, 0.5) is 0 Å². The molecule has 1 heterocycles. The van der Waals surface area contributed by atoms with Crippen molar-refractivity contribution in [1.82, 2.24) is 4.98 Å². The third kappa shape index (κ3) is 4.67. The Kier molecular flexibility index (Phi) is 5.77. The fraction of sp³-hybridized carbons (Fsp3) is 0.174. The van der Waals surface area contributed by atoms with Gasteiger partial charge in [-0.25, -0.2) is 4.98 Å². The molecule has 0 spiro atoms. The number of rotatable bonds is 6. The van der Waals surface area contributed by atoms with E-state index in [0.717, 1.165) is 22.2 Å². The lowest BCUT2D eigenvalue weighted by atomic mass is 9.95. The Morgan fingerprint density at radius 1 is 1.04 bits per heavy atom. The highest BCUT2D eigenvalue weighted by molar-refractivity contribution is 5.99. The second-order valence-electron chi connectivity index (χ2n) is 6.43. The quantitative estimate of drug-likeness (QED) is 0.469. The van der Waals surface area contributed by atoms with Crippen LogP contribution in [0, 0.1) is 5.92 Å². The summed E-state index contributed by atoms with van der Waals surface area (Å²) in [5.74, 6) is -0.868. The first-order valence-electron chi connectivity index (χ1n) is 8.82. The Bertz CT molecular complexity index is 1010. The maximum Gasteiger partial charge on any atom is 0.306 e. The van der Waals surface area contributed by atoms with Crippen molar-refractivity contribution in [2.24, 2.45) is 5.92 Å². The topological polar surface area (TPSA) is 56.3 Å². The number of esters is 1. The lowest BCUT2D eigenvalue weighted by Crippen LogP contribution is -2.16. The van der Waals surface area contributed by atoms with E-state index in [0.29, 0.717) is 5.56 Å². The van der Waals surface area contributed by atoms with E-state index in [2.05, 4.69) is 9.72 Å². The lowest BCUT2D eigenvalue weighted by Gasteiger charge is -2.09. The van der Waals surface area contributed by atoms with Gasteiger partial charge in [0.15, 0.2) is 5.78 Å². The molecule has 3 rings (SSSR count). The maximum absolute atomic E-state index is 12.5. The fourth-order valence-corrected chi connectivity index (χ4v) is 2.86. The number of Topliss-reactive ketones (excluding diaryl/α,β-unsaturated/α-hetero) is 1. The summed E-state index contributed by atoms with van der Waals surface area (Å²) in [4.78, 5) is 28.5. The number of hydrogen-bond acceptors (Lipinski definition) is 4. The number of hydrogen-bond donors (Lipinski definition) is 0. The molecule has 0 fully saturated rings. The lowest BCUT2D eigenvalue weighted by molar-refractivity contribution is -0.141. The number of nitrogens with zero attached hydrogens (tertiary/aromatic N) is 1. The number of benzene rings is 2. The number of ether oxygens (including phenoxy) is 1. The van der Waals surface area contributed by atoms with Crippen molar-refractivity contribution < 1.29 is 14.3 Å². The molecule has 2 aromatic carbocycles. The zero-order valence-electron chi connectivity index (χ0n) is 15.4. The highest BCUT2D eigenvalue weighted by Gasteiger charge is 2.19. The molecule has 1 unspecified atom stereocenters. The molecule has 0 radical (unpaired) electrons. The van der Waals surface area contributed by atoms with E-state index in [9.17, 15) is 9.59 Å². The van der Waals surface area contributed by atoms with E-state index in [1.807, 2.05) is 66.7 Å². The van der Waals surface area contributed by atoms with Crippen LogP contribution in [0.2, 0.25) is 0 Å². The predicted octanol–water partition coefficient (Wildman–Crippen LogP) is 4.79. The Morgan fingerprint density at radius 2 is 1.85 bits per heavy atom. The van der Waals surface area contributed by atoms with Gasteiger partial charge in [-0.3, -0.25) is 9.59 Å². The number of ketones is 1. The van der Waals surface area contributed by atoms with Crippen LogP contribution >= 0.6 is 0 Å². The highest BCUT2D eigenvalue weighted by atomic mass is 16.5. The van der Waals surface area contributed by atoms with E-state index >= 15 is 0 Å². The summed E-state index contributed by atoms with van der Waals surface area (Å²) in [6.07, 6.45) is 3.93. The van der Waals surface area contributed by atoms with Crippen molar-refractivity contribution in [2.75, 3.05) is 7.11 Å². The summed E-state index contributed by atoms with van der Waals surface area (Å²) < 4.78 is 4.64. The number of fused-ring (bicyclic) bond motifs is 1. The van der Waals surface area contributed by atoms with Gasteiger partial charge < -0.3 is 4.74 Å². The summed E-state index contributed by atoms with van der Waals surface area (Å²) in [7, 11) is 1.33. The standard InChI is InChI=1S/C23H21NO3/c1-16(14-22(25)27-2)23(26)19-8-5-6-17(15-19)10-12-20-13-11-18-7-3-4-9-21(18)24-20/h3-13,15-16H,14H2,1-2H3. The first-order valence-corrected chi connectivity index (χ1v) is 8.82. The molecule has 0 saturated carbocycles. The third-order valence-electron chi connectivity index (χ3n) is 4.39.